The van der Waals surface area contributed by atoms with Crippen LogP contribution in [-0.2, 0) is 19.6 Å². The monoisotopic (exact) mass is 730 g/mol. The Labute approximate surface area is 293 Å². The third-order valence-electron chi connectivity index (χ3n) is 8.19. The first-order chi connectivity index (χ1) is 23.9. The Kier molecular flexibility index (Phi) is 14.4. The van der Waals surface area contributed by atoms with E-state index in [2.05, 4.69) is 6.92 Å². The lowest BCUT2D eigenvalue weighted by molar-refractivity contribution is -0.284. The number of hydrogen-bond acceptors (Lipinski definition) is 9. The van der Waals surface area contributed by atoms with Crippen LogP contribution < -0.4 is 18.9 Å². The summed E-state index contributed by atoms with van der Waals surface area (Å²) >= 11 is 1.21. The molecule has 3 atom stereocenters. The summed E-state index contributed by atoms with van der Waals surface area (Å²) in [4.78, 5) is 0. The van der Waals surface area contributed by atoms with E-state index in [1.807, 2.05) is 66.7 Å². The smallest absolute Gasteiger partial charge is 0.453 e. The molecule has 3 aromatic carbocycles. The van der Waals surface area contributed by atoms with E-state index in [1.54, 1.807) is 14.2 Å². The maximum atomic E-state index is 13.0. The zero-order valence-electron chi connectivity index (χ0n) is 28.2. The number of aliphatic hydroxyl groups excluding tert-OH is 1. The quantitative estimate of drug-likeness (QED) is 0.0718. The first-order valence-electron chi connectivity index (χ1n) is 16.0. The van der Waals surface area contributed by atoms with Gasteiger partial charge in [-0.05, 0) is 53.6 Å². The molecule has 4 rings (SSSR count). The fourth-order valence-electron chi connectivity index (χ4n) is 5.58. The lowest BCUT2D eigenvalue weighted by Crippen LogP contribution is -2.41. The van der Waals surface area contributed by atoms with Crippen LogP contribution in [0.5, 0.6) is 23.0 Å². The van der Waals surface area contributed by atoms with Gasteiger partial charge in [-0.15, -0.1) is 0 Å². The van der Waals surface area contributed by atoms with E-state index in [0.29, 0.717) is 35.4 Å². The van der Waals surface area contributed by atoms with Crippen molar-refractivity contribution in [1.29, 1.82) is 0 Å². The van der Waals surface area contributed by atoms with Crippen molar-refractivity contribution in [3.8, 4) is 23.0 Å². The number of thioether (sulfide) groups is 1. The van der Waals surface area contributed by atoms with Crippen molar-refractivity contribution in [3.05, 3.63) is 83.4 Å². The Balaban J connectivity index is 1.34. The summed E-state index contributed by atoms with van der Waals surface area (Å²) in [5.74, 6) is -1.66. The van der Waals surface area contributed by atoms with Gasteiger partial charge in [0.1, 0.15) is 35.7 Å². The Morgan fingerprint density at radius 3 is 2.12 bits per heavy atom. The molecule has 1 N–H and O–H groups in total. The molecular formula is C36H43F5O8S. The normalized spacial score (nSPS) is 18.2. The maximum Gasteiger partial charge on any atom is 0.453 e. The van der Waals surface area contributed by atoms with Gasteiger partial charge in [0.15, 0.2) is 13.6 Å². The molecule has 8 nitrogen and oxygen atoms in total. The molecular weight excluding hydrogens is 687 g/mol. The van der Waals surface area contributed by atoms with Gasteiger partial charge in [-0.2, -0.15) is 33.7 Å². The SMILES string of the molecule is COCOc1ccc(C2(C)COc3cc(OCOC)ccc3C2c2ccc(OC[C@H](O)COCCSCCCC(F)(F)C(F)(F)F)cc2)cc1. The minimum atomic E-state index is -5.53. The highest BCUT2D eigenvalue weighted by molar-refractivity contribution is 7.99. The molecule has 0 saturated heterocycles. The molecule has 0 aromatic heterocycles. The molecule has 1 heterocycles. The van der Waals surface area contributed by atoms with Gasteiger partial charge in [0.05, 0.1) is 19.8 Å². The van der Waals surface area contributed by atoms with E-state index in [4.69, 9.17) is 33.2 Å². The Morgan fingerprint density at radius 1 is 0.840 bits per heavy atom. The highest BCUT2D eigenvalue weighted by Gasteiger charge is 2.56. The maximum absolute atomic E-state index is 13.0. The molecule has 276 valence electrons. The molecule has 1 aliphatic heterocycles. The lowest BCUT2D eigenvalue weighted by Gasteiger charge is -2.43. The molecule has 0 bridgehead atoms. The second-order valence-corrected chi connectivity index (χ2v) is 13.2. The number of halogens is 5. The van der Waals surface area contributed by atoms with Gasteiger partial charge >= 0.3 is 12.1 Å². The summed E-state index contributed by atoms with van der Waals surface area (Å²) < 4.78 is 102. The summed E-state index contributed by atoms with van der Waals surface area (Å²) in [6.45, 7) is 2.97. The minimum absolute atomic E-state index is 0.0205. The summed E-state index contributed by atoms with van der Waals surface area (Å²) in [6.07, 6.45) is -7.97. The van der Waals surface area contributed by atoms with Crippen LogP contribution in [0.2, 0.25) is 0 Å². The molecule has 0 saturated carbocycles. The number of benzene rings is 3. The van der Waals surface area contributed by atoms with E-state index in [1.165, 1.54) is 11.8 Å². The molecule has 1 aliphatic rings. The van der Waals surface area contributed by atoms with Gasteiger partial charge < -0.3 is 38.3 Å². The topological polar surface area (TPSA) is 84.8 Å². The zero-order chi connectivity index (χ0) is 36.2. The number of alkyl halides is 5. The van der Waals surface area contributed by atoms with E-state index in [-0.39, 0.29) is 51.5 Å². The Bertz CT molecular complexity index is 1460. The molecule has 2 unspecified atom stereocenters. The van der Waals surface area contributed by atoms with Crippen molar-refractivity contribution in [3.63, 3.8) is 0 Å². The van der Waals surface area contributed by atoms with E-state index < -0.39 is 30.0 Å². The Morgan fingerprint density at radius 2 is 1.46 bits per heavy atom. The van der Waals surface area contributed by atoms with Gasteiger partial charge in [0.2, 0.25) is 0 Å². The van der Waals surface area contributed by atoms with Gasteiger partial charge in [-0.3, -0.25) is 0 Å². The van der Waals surface area contributed by atoms with Gasteiger partial charge in [0.25, 0.3) is 0 Å². The minimum Gasteiger partial charge on any atom is -0.492 e. The van der Waals surface area contributed by atoms with Crippen LogP contribution in [0, 0.1) is 0 Å². The zero-order valence-corrected chi connectivity index (χ0v) is 29.0. The van der Waals surface area contributed by atoms with Crippen molar-refractivity contribution in [2.75, 3.05) is 65.7 Å². The highest BCUT2D eigenvalue weighted by atomic mass is 32.2. The predicted molar refractivity (Wildman–Crippen MR) is 179 cm³/mol. The van der Waals surface area contributed by atoms with Crippen LogP contribution in [0.3, 0.4) is 0 Å². The number of hydrogen-bond donors (Lipinski definition) is 1. The van der Waals surface area contributed by atoms with E-state index in [9.17, 15) is 27.1 Å². The first-order valence-corrected chi connectivity index (χ1v) is 17.1. The highest BCUT2D eigenvalue weighted by Crippen LogP contribution is 2.51. The first kappa shape index (κ1) is 39.5. The van der Waals surface area contributed by atoms with Crippen molar-refractivity contribution < 1.29 is 60.2 Å². The van der Waals surface area contributed by atoms with Gasteiger partial charge in [-0.25, -0.2) is 0 Å². The number of rotatable bonds is 20. The average molecular weight is 731 g/mol. The molecule has 0 spiro atoms. The fraction of sp³-hybridized carbons (Fsp3) is 0.500. The van der Waals surface area contributed by atoms with Crippen molar-refractivity contribution in [2.24, 2.45) is 0 Å². The third-order valence-corrected chi connectivity index (χ3v) is 9.23. The van der Waals surface area contributed by atoms with Crippen LogP contribution in [-0.4, -0.2) is 89.0 Å². The third kappa shape index (κ3) is 10.6. The van der Waals surface area contributed by atoms with Gasteiger partial charge in [0, 0.05) is 49.4 Å². The van der Waals surface area contributed by atoms with Crippen molar-refractivity contribution in [2.45, 2.75) is 49.3 Å². The lowest BCUT2D eigenvalue weighted by atomic mass is 9.65. The summed E-state index contributed by atoms with van der Waals surface area (Å²) in [6, 6.07) is 21.3. The predicted octanol–water partition coefficient (Wildman–Crippen LogP) is 7.60. The molecule has 3 aromatic rings. The molecule has 14 heteroatoms. The Hall–Kier alpha value is -3.30. The van der Waals surface area contributed by atoms with Crippen LogP contribution >= 0.6 is 11.8 Å². The summed E-state index contributed by atoms with van der Waals surface area (Å²) in [7, 11) is 3.12. The van der Waals surface area contributed by atoms with Gasteiger partial charge in [-0.1, -0.05) is 37.3 Å². The van der Waals surface area contributed by atoms with Crippen molar-refractivity contribution in [1.82, 2.24) is 0 Å². The number of aliphatic hydroxyl groups is 1. The molecule has 0 amide bonds. The standard InChI is InChI=1S/C36H43F5O8S/c1-34(26-7-11-29(12-8-26)48-23-43-2)22-47-32-19-30(49-24-44-3)13-14-31(32)33(34)25-5-9-28(10-6-25)46-21-27(42)20-45-16-18-50-17-4-15-35(37,38)36(39,40)41/h5-14,19,27,33,42H,4,15-18,20-24H2,1-3H3/t27-,33?,34?/m1/s1. The summed E-state index contributed by atoms with van der Waals surface area (Å²) in [5, 5.41) is 10.3. The van der Waals surface area contributed by atoms with Crippen molar-refractivity contribution >= 4 is 11.8 Å². The largest absolute Gasteiger partial charge is 0.492 e. The van der Waals surface area contributed by atoms with Crippen LogP contribution in [0.15, 0.2) is 66.7 Å². The fourth-order valence-corrected chi connectivity index (χ4v) is 6.37. The average Bonchev–Trinajstić information content (AvgIpc) is 3.10. The molecule has 50 heavy (non-hydrogen) atoms. The number of fused-ring (bicyclic) bond motifs is 1. The number of methoxy groups -OCH3 is 2. The number of ether oxygens (including phenoxy) is 7. The van der Waals surface area contributed by atoms with Crippen LogP contribution in [0.1, 0.15) is 42.4 Å². The second kappa shape index (κ2) is 18.3. The van der Waals surface area contributed by atoms with E-state index in [0.717, 1.165) is 16.7 Å². The molecule has 0 aliphatic carbocycles. The van der Waals surface area contributed by atoms with Crippen LogP contribution in [0.25, 0.3) is 0 Å². The van der Waals surface area contributed by atoms with E-state index >= 15 is 0 Å². The molecule has 0 radical (unpaired) electrons. The second-order valence-electron chi connectivity index (χ2n) is 12.0. The summed E-state index contributed by atoms with van der Waals surface area (Å²) in [5.41, 5.74) is 2.60. The van der Waals surface area contributed by atoms with Crippen LogP contribution in [0.4, 0.5) is 22.0 Å². The molecule has 0 fully saturated rings.